The Hall–Kier alpha value is -9.27. The maximum Gasteiger partial charge on any atom is 0.354 e. The number of aryl methyl sites for hydroxylation is 8. The highest BCUT2D eigenvalue weighted by Gasteiger charge is 2.21. The molecular formula is C50H55IN14O10. The summed E-state index contributed by atoms with van der Waals surface area (Å²) in [7, 11) is 16.4. The number of carbonyl (C=O) groups excluding carboxylic acids is 8. The molecule has 7 N–H and O–H groups in total. The van der Waals surface area contributed by atoms with Gasteiger partial charge in [-0.1, -0.05) is 0 Å². The summed E-state index contributed by atoms with van der Waals surface area (Å²) in [6, 6.07) is 16.5. The number of esters is 2. The molecule has 8 aromatic rings. The van der Waals surface area contributed by atoms with E-state index in [0.717, 1.165) is 3.57 Å². The van der Waals surface area contributed by atoms with Gasteiger partial charge in [0.15, 0.2) is 0 Å². The lowest BCUT2D eigenvalue weighted by molar-refractivity contribution is 0.0581. The number of carbonyl (C=O) groups is 8. The molecule has 0 bridgehead atoms. The van der Waals surface area contributed by atoms with E-state index in [9.17, 15) is 38.4 Å². The molecule has 8 aromatic heterocycles. The van der Waals surface area contributed by atoms with Crippen molar-refractivity contribution in [1.29, 1.82) is 0 Å². The SMILES string of the molecule is COC(=O)c1cc(NC(=O)c2cc(I)cn2C)cn1C.COC(=O)c1cc(NC(=O)c2cc(NC(=O)c3cc(NC(=O)c4cccn4C)cn3C)cn2C)cn1C.Cn1cc(NC(=O)c2cccn2C)cc1C(N)=O. The number of ether oxygens (including phenoxy) is 2. The number of aromatic nitrogens is 8. The summed E-state index contributed by atoms with van der Waals surface area (Å²) in [5.41, 5.74) is 10.8. The molecule has 0 atom stereocenters. The molecular weight excluding hydrogens is 1080 g/mol. The first-order valence-corrected chi connectivity index (χ1v) is 23.5. The van der Waals surface area contributed by atoms with E-state index in [0.29, 0.717) is 74.0 Å². The fourth-order valence-electron chi connectivity index (χ4n) is 7.60. The number of hydrogen-bond donors (Lipinski definition) is 6. The Bertz CT molecular complexity index is 3480. The third-order valence-corrected chi connectivity index (χ3v) is 12.0. The lowest BCUT2D eigenvalue weighted by atomic mass is 10.3. The fourth-order valence-corrected chi connectivity index (χ4v) is 8.31. The van der Waals surface area contributed by atoms with Crippen molar-refractivity contribution in [2.75, 3.05) is 40.8 Å². The molecule has 0 aliphatic heterocycles. The van der Waals surface area contributed by atoms with Gasteiger partial charge in [0, 0.05) is 110 Å². The van der Waals surface area contributed by atoms with Gasteiger partial charge in [-0.05, 0) is 83.3 Å². The number of nitrogens with zero attached hydrogens (tertiary/aromatic N) is 8. The number of primary amides is 1. The lowest BCUT2D eigenvalue weighted by Gasteiger charge is -2.03. The second-order valence-corrected chi connectivity index (χ2v) is 18.2. The van der Waals surface area contributed by atoms with Gasteiger partial charge in [-0.25, -0.2) is 9.59 Å². The quantitative estimate of drug-likeness (QED) is 0.0640. The minimum absolute atomic E-state index is 0.225. The molecule has 8 heterocycles. The highest BCUT2D eigenvalue weighted by atomic mass is 127. The van der Waals surface area contributed by atoms with Crippen LogP contribution in [0.2, 0.25) is 0 Å². The molecule has 0 aliphatic carbocycles. The summed E-state index contributed by atoms with van der Waals surface area (Å²) in [6.45, 7) is 0. The summed E-state index contributed by atoms with van der Waals surface area (Å²) >= 11 is 2.15. The number of nitrogens with one attached hydrogen (secondary N) is 5. The van der Waals surface area contributed by atoms with Crippen molar-refractivity contribution in [2.45, 2.75) is 0 Å². The van der Waals surface area contributed by atoms with E-state index in [1.165, 1.54) is 20.3 Å². The average molecular weight is 1140 g/mol. The van der Waals surface area contributed by atoms with Gasteiger partial charge in [-0.15, -0.1) is 0 Å². The second kappa shape index (κ2) is 23.5. The van der Waals surface area contributed by atoms with E-state index in [-0.39, 0.29) is 17.7 Å². The molecule has 392 valence electrons. The Labute approximate surface area is 443 Å². The highest BCUT2D eigenvalue weighted by Crippen LogP contribution is 2.22. The van der Waals surface area contributed by atoms with Crippen LogP contribution < -0.4 is 32.3 Å². The molecule has 0 unspecified atom stereocenters. The van der Waals surface area contributed by atoms with Gasteiger partial charge in [0.05, 0.1) is 42.7 Å². The van der Waals surface area contributed by atoms with E-state index in [2.05, 4.69) is 53.9 Å². The van der Waals surface area contributed by atoms with E-state index in [1.54, 1.807) is 184 Å². The smallest absolute Gasteiger partial charge is 0.354 e. The largest absolute Gasteiger partial charge is 0.464 e. The number of methoxy groups -OCH3 is 2. The molecule has 8 rings (SSSR count). The zero-order valence-corrected chi connectivity index (χ0v) is 44.7. The normalized spacial score (nSPS) is 10.5. The molecule has 75 heavy (non-hydrogen) atoms. The molecule has 24 nitrogen and oxygen atoms in total. The third kappa shape index (κ3) is 13.2. The van der Waals surface area contributed by atoms with E-state index < -0.39 is 29.7 Å². The second-order valence-electron chi connectivity index (χ2n) is 16.9. The van der Waals surface area contributed by atoms with Gasteiger partial charge >= 0.3 is 11.9 Å². The van der Waals surface area contributed by atoms with Gasteiger partial charge < -0.3 is 78.3 Å². The summed E-state index contributed by atoms with van der Waals surface area (Å²) < 4.78 is 23.4. The summed E-state index contributed by atoms with van der Waals surface area (Å²) in [5.74, 6) is -3.07. The van der Waals surface area contributed by atoms with Crippen LogP contribution in [-0.2, 0) is 65.9 Å². The predicted octanol–water partition coefficient (Wildman–Crippen LogP) is 5.31. The van der Waals surface area contributed by atoms with Crippen LogP contribution in [-0.4, -0.2) is 98.1 Å². The zero-order chi connectivity index (χ0) is 55.0. The number of nitrogens with two attached hydrogens (primary N) is 1. The molecule has 0 saturated heterocycles. The molecule has 0 aromatic carbocycles. The van der Waals surface area contributed by atoms with Crippen molar-refractivity contribution in [2.24, 2.45) is 62.1 Å². The predicted molar refractivity (Wildman–Crippen MR) is 287 cm³/mol. The maximum absolute atomic E-state index is 12.9. The Morgan fingerprint density at radius 3 is 0.920 bits per heavy atom. The number of hydrogen-bond acceptors (Lipinski definition) is 10. The number of amides is 6. The highest BCUT2D eigenvalue weighted by molar-refractivity contribution is 14.1. The molecule has 6 amide bonds. The molecule has 25 heteroatoms. The van der Waals surface area contributed by atoms with Gasteiger partial charge in [0.25, 0.3) is 35.4 Å². The van der Waals surface area contributed by atoms with Crippen LogP contribution in [0.15, 0.2) is 110 Å². The van der Waals surface area contributed by atoms with E-state index in [4.69, 9.17) is 10.5 Å². The van der Waals surface area contributed by atoms with Crippen molar-refractivity contribution in [3.63, 3.8) is 0 Å². The first-order valence-electron chi connectivity index (χ1n) is 22.4. The molecule has 0 radical (unpaired) electrons. The first-order chi connectivity index (χ1) is 35.5. The van der Waals surface area contributed by atoms with Crippen molar-refractivity contribution >= 4 is 98.4 Å². The van der Waals surface area contributed by atoms with Gasteiger partial charge in [0.1, 0.15) is 45.6 Å². The number of rotatable bonds is 13. The minimum Gasteiger partial charge on any atom is -0.464 e. The summed E-state index contributed by atoms with van der Waals surface area (Å²) in [5, 5.41) is 13.8. The van der Waals surface area contributed by atoms with Crippen LogP contribution in [0.25, 0.3) is 0 Å². The van der Waals surface area contributed by atoms with Crippen LogP contribution >= 0.6 is 22.6 Å². The lowest BCUT2D eigenvalue weighted by Crippen LogP contribution is -2.15. The number of halogens is 1. The molecule has 0 aliphatic rings. The van der Waals surface area contributed by atoms with Crippen molar-refractivity contribution in [3.8, 4) is 0 Å². The van der Waals surface area contributed by atoms with E-state index >= 15 is 0 Å². The van der Waals surface area contributed by atoms with Crippen LogP contribution in [0.3, 0.4) is 0 Å². The van der Waals surface area contributed by atoms with Crippen molar-refractivity contribution < 1.29 is 47.8 Å². The van der Waals surface area contributed by atoms with Gasteiger partial charge in [-0.3, -0.25) is 28.8 Å². The fraction of sp³-hybridized carbons (Fsp3) is 0.200. The van der Waals surface area contributed by atoms with Crippen molar-refractivity contribution in [1.82, 2.24) is 36.5 Å². The van der Waals surface area contributed by atoms with E-state index in [1.807, 2.05) is 13.2 Å². The zero-order valence-electron chi connectivity index (χ0n) is 42.5. The standard InChI is InChI=1S/C25H27N7O5.C13H14IN3O3.C12H14N4O2/c1-29-8-6-7-18(29)22(33)26-15-9-19(30(2)12-15)23(34)27-16-10-20(31(3)13-16)24(35)28-17-11-21(25(36)37-5)32(4)14-17;1-16-6-8(14)4-10(16)12(18)15-9-5-11(13(19)20-3)17(2)7-9;1-15-5-3-4-9(15)12(18)14-8-6-10(11(13)17)16(2)7-8/h6-14H,1-5H3,(H,26,33)(H,27,34)(H,28,35);4-7H,1-3H3,(H,15,18);3-7H,1-2H3,(H2,13,17)(H,14,18). The molecule has 0 saturated carbocycles. The first kappa shape index (κ1) is 55.1. The topological polar surface area (TPSA) is 281 Å². The Morgan fingerprint density at radius 1 is 0.387 bits per heavy atom. The van der Waals surface area contributed by atoms with Gasteiger partial charge in [0.2, 0.25) is 0 Å². The Kier molecular flexibility index (Phi) is 17.3. The van der Waals surface area contributed by atoms with Crippen LogP contribution in [0.4, 0.5) is 28.4 Å². The summed E-state index contributed by atoms with van der Waals surface area (Å²) in [4.78, 5) is 96.7. The van der Waals surface area contributed by atoms with Crippen LogP contribution in [0.5, 0.6) is 0 Å². The van der Waals surface area contributed by atoms with Crippen molar-refractivity contribution in [3.05, 3.63) is 159 Å². The minimum atomic E-state index is -0.531. The summed E-state index contributed by atoms with van der Waals surface area (Å²) in [6.07, 6.45) is 13.6. The van der Waals surface area contributed by atoms with Crippen LogP contribution in [0.1, 0.15) is 83.9 Å². The third-order valence-electron chi connectivity index (χ3n) is 11.4. The monoisotopic (exact) mass is 1140 g/mol. The molecule has 0 fully saturated rings. The number of anilines is 5. The van der Waals surface area contributed by atoms with Gasteiger partial charge in [-0.2, -0.15) is 0 Å². The maximum atomic E-state index is 12.9. The average Bonchev–Trinajstić information content (AvgIpc) is 4.24. The Balaban J connectivity index is 0.000000202. The van der Waals surface area contributed by atoms with Crippen LogP contribution in [0, 0.1) is 3.57 Å². The Morgan fingerprint density at radius 2 is 0.653 bits per heavy atom. The molecule has 0 spiro atoms.